The Morgan fingerprint density at radius 1 is 0.788 bits per heavy atom. The van der Waals surface area contributed by atoms with Crippen LogP contribution in [0.3, 0.4) is 0 Å². The van der Waals surface area contributed by atoms with Crippen LogP contribution >= 0.6 is 11.3 Å². The molecule has 0 fully saturated rings. The molecule has 3 rings (SSSR count). The summed E-state index contributed by atoms with van der Waals surface area (Å²) < 4.78 is 0. The number of hydrogen-bond donors (Lipinski definition) is 0. The van der Waals surface area contributed by atoms with Crippen LogP contribution in [0.4, 0.5) is 0 Å². The van der Waals surface area contributed by atoms with Crippen molar-refractivity contribution in [3.63, 3.8) is 0 Å². The Bertz CT molecular complexity index is 1040. The molecule has 5 heteroatoms. The van der Waals surface area contributed by atoms with Crippen LogP contribution in [0.5, 0.6) is 0 Å². The zero-order valence-electron chi connectivity index (χ0n) is 20.1. The van der Waals surface area contributed by atoms with Gasteiger partial charge in [0.1, 0.15) is 6.54 Å². The van der Waals surface area contributed by atoms with Crippen LogP contribution in [0.25, 0.3) is 0 Å². The Balaban J connectivity index is 1.74. The molecule has 0 saturated heterocycles. The van der Waals surface area contributed by atoms with Crippen molar-refractivity contribution in [2.75, 3.05) is 6.54 Å². The Kier molecular flexibility index (Phi) is 8.45. The summed E-state index contributed by atoms with van der Waals surface area (Å²) in [5.74, 6) is -0.0285. The second-order valence-corrected chi connectivity index (χ2v) is 10.8. The maximum Gasteiger partial charge on any atom is 0.242 e. The lowest BCUT2D eigenvalue weighted by atomic mass is 10.0. The van der Waals surface area contributed by atoms with Gasteiger partial charge >= 0.3 is 0 Å². The maximum absolute atomic E-state index is 13.5. The summed E-state index contributed by atoms with van der Waals surface area (Å²) >= 11 is 1.71. The van der Waals surface area contributed by atoms with Gasteiger partial charge in [0.05, 0.1) is 6.54 Å². The average molecular weight is 463 g/mol. The average Bonchev–Trinajstić information content (AvgIpc) is 3.20. The lowest BCUT2D eigenvalue weighted by Gasteiger charge is -2.37. The van der Waals surface area contributed by atoms with Gasteiger partial charge in [-0.3, -0.25) is 9.59 Å². The highest BCUT2D eigenvalue weighted by molar-refractivity contribution is 7.11. The number of nitrogens with zero attached hydrogens (tertiary/aromatic N) is 2. The Labute approximate surface area is 201 Å². The lowest BCUT2D eigenvalue weighted by molar-refractivity contribution is -0.145. The van der Waals surface area contributed by atoms with Gasteiger partial charge in [-0.2, -0.15) is 0 Å². The highest BCUT2D eigenvalue weighted by atomic mass is 32.1. The first-order chi connectivity index (χ1) is 15.7. The summed E-state index contributed by atoms with van der Waals surface area (Å²) in [5, 5.41) is 0. The van der Waals surface area contributed by atoms with Gasteiger partial charge in [-0.1, -0.05) is 60.7 Å². The summed E-state index contributed by atoms with van der Waals surface area (Å²) in [6.07, 6.45) is 1.06. The topological polar surface area (TPSA) is 40.6 Å². The van der Waals surface area contributed by atoms with Crippen LogP contribution in [-0.4, -0.2) is 33.7 Å². The molecule has 0 spiro atoms. The molecule has 0 saturated carbocycles. The maximum atomic E-state index is 13.5. The van der Waals surface area contributed by atoms with Gasteiger partial charge in [-0.25, -0.2) is 0 Å². The molecular formula is C28H34N2O2S. The van der Waals surface area contributed by atoms with Gasteiger partial charge in [0.25, 0.3) is 0 Å². The van der Waals surface area contributed by atoms with Gasteiger partial charge < -0.3 is 9.80 Å². The van der Waals surface area contributed by atoms with Crippen molar-refractivity contribution in [2.45, 2.75) is 59.2 Å². The number of thiophene rings is 1. The standard InChI is InChI=1S/C28H34N2O2S/c1-22-15-17-25(33-22)20-29(19-24-13-9-6-10-14-24)27(32)21-30(28(2,3)4)26(31)18-16-23-11-7-5-8-12-23/h5-15,17H,16,18-21H2,1-4H3. The SMILES string of the molecule is Cc1ccc(CN(Cc2ccccc2)C(=O)CN(C(=O)CCc2ccccc2)C(C)(C)C)s1. The molecular weight excluding hydrogens is 428 g/mol. The number of carbonyl (C=O) groups excluding carboxylic acids is 2. The highest BCUT2D eigenvalue weighted by Crippen LogP contribution is 2.21. The molecule has 174 valence electrons. The molecule has 0 aliphatic heterocycles. The number of amides is 2. The fourth-order valence-electron chi connectivity index (χ4n) is 3.76. The summed E-state index contributed by atoms with van der Waals surface area (Å²) in [6, 6.07) is 24.2. The smallest absolute Gasteiger partial charge is 0.242 e. The first kappa shape index (κ1) is 24.7. The summed E-state index contributed by atoms with van der Waals surface area (Å²) in [6.45, 7) is 9.19. The van der Waals surface area contributed by atoms with Crippen LogP contribution in [-0.2, 0) is 29.1 Å². The van der Waals surface area contributed by atoms with Crippen LogP contribution in [0.15, 0.2) is 72.8 Å². The Morgan fingerprint density at radius 2 is 1.39 bits per heavy atom. The minimum Gasteiger partial charge on any atom is -0.332 e. The summed E-state index contributed by atoms with van der Waals surface area (Å²) in [7, 11) is 0. The zero-order valence-corrected chi connectivity index (χ0v) is 20.9. The Hall–Kier alpha value is -2.92. The molecule has 4 nitrogen and oxygen atoms in total. The first-order valence-electron chi connectivity index (χ1n) is 11.4. The fraction of sp³-hybridized carbons (Fsp3) is 0.357. The molecule has 1 aromatic heterocycles. The normalized spacial score (nSPS) is 11.3. The zero-order chi connectivity index (χ0) is 23.8. The molecule has 0 bridgehead atoms. The third-order valence-corrected chi connectivity index (χ3v) is 6.57. The van der Waals surface area contributed by atoms with E-state index in [4.69, 9.17) is 0 Å². The van der Waals surface area contributed by atoms with Crippen LogP contribution in [0.2, 0.25) is 0 Å². The van der Waals surface area contributed by atoms with E-state index in [9.17, 15) is 9.59 Å². The number of hydrogen-bond acceptors (Lipinski definition) is 3. The van der Waals surface area contributed by atoms with Crippen molar-refractivity contribution in [3.05, 3.63) is 93.7 Å². The predicted octanol–water partition coefficient (Wildman–Crippen LogP) is 5.85. The molecule has 0 N–H and O–H groups in total. The molecule has 0 aliphatic rings. The van der Waals surface area contributed by atoms with E-state index in [0.29, 0.717) is 25.9 Å². The molecule has 0 unspecified atom stereocenters. The fourth-order valence-corrected chi connectivity index (χ4v) is 4.67. The van der Waals surface area contributed by atoms with Gasteiger partial charge in [0.15, 0.2) is 0 Å². The van der Waals surface area contributed by atoms with E-state index in [1.807, 2.05) is 86.3 Å². The third-order valence-electron chi connectivity index (χ3n) is 5.59. The molecule has 1 heterocycles. The third kappa shape index (κ3) is 7.57. The highest BCUT2D eigenvalue weighted by Gasteiger charge is 2.30. The molecule has 0 atom stereocenters. The molecule has 2 amide bonds. The van der Waals surface area contributed by atoms with Crippen molar-refractivity contribution in [1.82, 2.24) is 9.80 Å². The van der Waals surface area contributed by atoms with E-state index in [1.54, 1.807) is 16.2 Å². The van der Waals surface area contributed by atoms with Crippen molar-refractivity contribution in [3.8, 4) is 0 Å². The van der Waals surface area contributed by atoms with Crippen LogP contribution in [0, 0.1) is 6.92 Å². The molecule has 33 heavy (non-hydrogen) atoms. The lowest BCUT2D eigenvalue weighted by Crippen LogP contribution is -2.51. The van der Waals surface area contributed by atoms with Crippen molar-refractivity contribution < 1.29 is 9.59 Å². The summed E-state index contributed by atoms with van der Waals surface area (Å²) in [5.41, 5.74) is 1.77. The Morgan fingerprint density at radius 3 is 1.94 bits per heavy atom. The second kappa shape index (κ2) is 11.3. The van der Waals surface area contributed by atoms with Gasteiger partial charge in [0, 0.05) is 28.3 Å². The van der Waals surface area contributed by atoms with E-state index < -0.39 is 5.54 Å². The number of carbonyl (C=O) groups is 2. The van der Waals surface area contributed by atoms with Gasteiger partial charge in [-0.15, -0.1) is 11.3 Å². The number of benzene rings is 2. The van der Waals surface area contributed by atoms with Crippen molar-refractivity contribution >= 4 is 23.2 Å². The van der Waals surface area contributed by atoms with Crippen LogP contribution in [0.1, 0.15) is 48.1 Å². The van der Waals surface area contributed by atoms with Crippen LogP contribution < -0.4 is 0 Å². The molecule has 2 aromatic carbocycles. The van der Waals surface area contributed by atoms with Crippen molar-refractivity contribution in [1.29, 1.82) is 0 Å². The van der Waals surface area contributed by atoms with E-state index in [1.165, 1.54) is 4.88 Å². The van der Waals surface area contributed by atoms with Crippen molar-refractivity contribution in [2.24, 2.45) is 0 Å². The summed E-state index contributed by atoms with van der Waals surface area (Å²) in [4.78, 5) is 32.7. The first-order valence-corrected chi connectivity index (χ1v) is 12.3. The van der Waals surface area contributed by atoms with Gasteiger partial charge in [0.2, 0.25) is 11.8 Å². The predicted molar refractivity (Wildman–Crippen MR) is 136 cm³/mol. The largest absolute Gasteiger partial charge is 0.332 e. The number of rotatable bonds is 9. The quantitative estimate of drug-likeness (QED) is 0.400. The van der Waals surface area contributed by atoms with E-state index >= 15 is 0 Å². The molecule has 0 radical (unpaired) electrons. The minimum atomic E-state index is -0.443. The van der Waals surface area contributed by atoms with E-state index in [-0.39, 0.29) is 18.4 Å². The van der Waals surface area contributed by atoms with E-state index in [2.05, 4.69) is 19.1 Å². The molecule has 0 aliphatic carbocycles. The minimum absolute atomic E-state index is 0.00586. The molecule has 3 aromatic rings. The van der Waals surface area contributed by atoms with Gasteiger partial charge in [-0.05, 0) is 57.4 Å². The second-order valence-electron chi connectivity index (χ2n) is 9.38. The number of aryl methyl sites for hydroxylation is 2. The monoisotopic (exact) mass is 462 g/mol. The van der Waals surface area contributed by atoms with E-state index in [0.717, 1.165) is 16.0 Å².